The molecule has 3 amide bonds. The van der Waals surface area contributed by atoms with E-state index in [2.05, 4.69) is 16.7 Å². The van der Waals surface area contributed by atoms with E-state index >= 15 is 0 Å². The fourth-order valence-electron chi connectivity index (χ4n) is 5.28. The van der Waals surface area contributed by atoms with Crippen LogP contribution in [0.2, 0.25) is 0 Å². The molecule has 0 aliphatic heterocycles. The molecule has 0 spiro atoms. The first-order valence-electron chi connectivity index (χ1n) is 27.5. The summed E-state index contributed by atoms with van der Waals surface area (Å²) in [4.78, 5) is 135. The van der Waals surface area contributed by atoms with Crippen molar-refractivity contribution in [2.24, 2.45) is 11.6 Å². The van der Waals surface area contributed by atoms with E-state index in [-0.39, 0.29) is 81.3 Å². The van der Waals surface area contributed by atoms with Crippen LogP contribution in [-0.4, -0.2) is 184 Å². The molecule has 0 aliphatic rings. The lowest BCUT2D eigenvalue weighted by Crippen LogP contribution is -2.41. The second-order valence-corrected chi connectivity index (χ2v) is 25.2. The molecule has 0 unspecified atom stereocenters. The molecule has 28 heteroatoms. The van der Waals surface area contributed by atoms with Gasteiger partial charge in [0.15, 0.2) is 6.61 Å². The number of hydrogen-bond donors (Lipinski definition) is 6. The molecule has 0 atom stereocenters. The van der Waals surface area contributed by atoms with Crippen molar-refractivity contribution in [1.82, 2.24) is 20.6 Å². The van der Waals surface area contributed by atoms with Crippen molar-refractivity contribution in [3.8, 4) is 0 Å². The fourth-order valence-corrected chi connectivity index (χ4v) is 5.28. The Labute approximate surface area is 503 Å². The molecule has 28 nitrogen and oxygen atoms in total. The van der Waals surface area contributed by atoms with Gasteiger partial charge in [0.1, 0.15) is 45.8 Å². The van der Waals surface area contributed by atoms with Crippen LogP contribution in [0.1, 0.15) is 190 Å². The number of esters is 6. The summed E-state index contributed by atoms with van der Waals surface area (Å²) in [6.45, 7) is 41.1. The van der Waals surface area contributed by atoms with Gasteiger partial charge in [-0.3, -0.25) is 52.8 Å². The molecule has 496 valence electrons. The van der Waals surface area contributed by atoms with E-state index < -0.39 is 88.6 Å². The molecule has 85 heavy (non-hydrogen) atoms. The number of carbonyl (C=O) groups is 11. The topological polar surface area (TPSA) is 394 Å². The van der Waals surface area contributed by atoms with Gasteiger partial charge in [-0.25, -0.2) is 15.5 Å². The highest BCUT2D eigenvalue weighted by atomic mass is 16.7. The number of carboxylic acid groups (broad SMARTS) is 2. The minimum atomic E-state index is -1.07. The quantitative estimate of drug-likeness (QED) is 0.0201. The van der Waals surface area contributed by atoms with Crippen LogP contribution in [0.5, 0.6) is 0 Å². The third-order valence-electron chi connectivity index (χ3n) is 8.06. The lowest BCUT2D eigenvalue weighted by atomic mass is 10.2. The smallest absolute Gasteiger partial charge is 0.431 e. The first-order valence-corrected chi connectivity index (χ1v) is 27.5. The predicted molar refractivity (Wildman–Crippen MR) is 313 cm³/mol. The molecule has 0 rings (SSSR count). The Morgan fingerprint density at radius 2 is 0.706 bits per heavy atom. The highest BCUT2D eigenvalue weighted by molar-refractivity contribution is 5.82. The predicted octanol–water partition coefficient (Wildman–Crippen LogP) is 5.62. The zero-order chi connectivity index (χ0) is 67.8. The number of aliphatic carboxylic acids is 2. The van der Waals surface area contributed by atoms with Gasteiger partial charge in [0.05, 0.1) is 44.9 Å². The molecule has 0 radical (unpaired) electrons. The van der Waals surface area contributed by atoms with Crippen LogP contribution in [0, 0.1) is 0 Å². The maximum atomic E-state index is 12.5. The third-order valence-corrected chi connectivity index (χ3v) is 8.06. The van der Waals surface area contributed by atoms with Crippen molar-refractivity contribution >= 4 is 65.7 Å². The zero-order valence-electron chi connectivity index (χ0n) is 54.7. The molecule has 0 bridgehead atoms. The van der Waals surface area contributed by atoms with E-state index in [1.807, 2.05) is 88.6 Å². The average molecular weight is 1230 g/mol. The highest BCUT2D eigenvalue weighted by Gasteiger charge is 2.25. The van der Waals surface area contributed by atoms with E-state index in [4.69, 9.17) is 59.8 Å². The van der Waals surface area contributed by atoms with Gasteiger partial charge in [0.2, 0.25) is 0 Å². The molecule has 0 aromatic rings. The van der Waals surface area contributed by atoms with E-state index in [1.165, 1.54) is 4.90 Å². The molecular formula is C57H106N6O22. The normalized spacial score (nSPS) is 11.4. The van der Waals surface area contributed by atoms with Gasteiger partial charge in [0.25, 0.3) is 11.8 Å². The minimum Gasteiger partial charge on any atom is -0.481 e. The summed E-state index contributed by atoms with van der Waals surface area (Å²) in [5.74, 6) is -0.528. The summed E-state index contributed by atoms with van der Waals surface area (Å²) >= 11 is 0. The van der Waals surface area contributed by atoms with Gasteiger partial charge in [-0.15, -0.1) is 0 Å². The number of carbonyl (C=O) groups excluding carboxylic acids is 9. The van der Waals surface area contributed by atoms with Gasteiger partial charge >= 0.3 is 53.8 Å². The lowest BCUT2D eigenvalue weighted by molar-refractivity contribution is -0.158. The molecule has 0 fully saturated rings. The zero-order valence-corrected chi connectivity index (χ0v) is 54.7. The number of rotatable bonds is 26. The van der Waals surface area contributed by atoms with Crippen LogP contribution in [0.3, 0.4) is 0 Å². The first-order chi connectivity index (χ1) is 38.2. The van der Waals surface area contributed by atoms with Crippen molar-refractivity contribution in [1.29, 1.82) is 0 Å². The molecule has 0 saturated heterocycles. The molecule has 0 saturated carbocycles. The van der Waals surface area contributed by atoms with Gasteiger partial charge in [-0.1, -0.05) is 6.58 Å². The maximum Gasteiger partial charge on any atom is 0.431 e. The monoisotopic (exact) mass is 1230 g/mol. The lowest BCUT2D eigenvalue weighted by Gasteiger charge is -2.25. The van der Waals surface area contributed by atoms with Crippen LogP contribution in [0.4, 0.5) is 4.79 Å². The van der Waals surface area contributed by atoms with Crippen molar-refractivity contribution < 1.29 is 106 Å². The number of amides is 3. The van der Waals surface area contributed by atoms with Crippen molar-refractivity contribution in [2.75, 3.05) is 59.0 Å². The second-order valence-electron chi connectivity index (χ2n) is 25.2. The van der Waals surface area contributed by atoms with Crippen molar-refractivity contribution in [3.05, 3.63) is 12.7 Å². The SMILES string of the molecule is C=CC(=O)OC(C)(C)C.CC(C)(C)OC(=O)CCN.CC(C)(C)OC(=O)CCN(CCC(=O)OC(C)(C)C)C(=O)CONC(=O)OC(C)(C)C.CC(C)(C)OC(=O)CCNCCC(=O)OC(C)(C)C.NOCC(=O)N(CCC(=O)O)CCC(=O)O. The average Bonchev–Trinajstić information content (AvgIpc) is 3.25. The Kier molecular flexibility index (Phi) is 44.3. The molecule has 8 N–H and O–H groups in total. The summed E-state index contributed by atoms with van der Waals surface area (Å²) in [5, 5.41) is 19.9. The van der Waals surface area contributed by atoms with Crippen molar-refractivity contribution in [2.45, 2.75) is 230 Å². The number of ether oxygens (including phenoxy) is 7. The Bertz CT molecular complexity index is 1970. The number of hydroxylamine groups is 1. The fraction of sp³-hybridized carbons (Fsp3) is 0.772. The standard InChI is InChI=1S/C21H38N2O8.C14H27NO4.C8H14N2O6.C7H15NO2.C7H12O2/c1-19(2,3)29-16(25)10-12-23(13-11-17(26)30-20(4,5)6)15(24)14-28-22-18(27)31-21(7,8)9;1-13(2,3)18-11(16)7-9-15-10-8-12(17)19-14(4,5)6;9-16-5-6(11)10(3-1-7(12)13)4-2-8(14)15;1-7(2,3)10-6(9)4-5-8;1-5-6(8)9-7(2,3)4/h10-14H2,1-9H3,(H,22,27);15H,7-10H2,1-6H3;1-5,9H2,(H,12,13)(H,14,15);4-5,8H2,1-3H3;5H,1H2,2-4H3. The number of carboxylic acids is 2. The summed E-state index contributed by atoms with van der Waals surface area (Å²) in [6, 6.07) is 0. The summed E-state index contributed by atoms with van der Waals surface area (Å²) in [6.07, 6.45) is 0.591. The number of hydrogen-bond acceptors (Lipinski definition) is 23. The van der Waals surface area contributed by atoms with Crippen LogP contribution in [0.15, 0.2) is 12.7 Å². The van der Waals surface area contributed by atoms with Gasteiger partial charge in [-0.2, -0.15) is 5.48 Å². The molecule has 0 aromatic carbocycles. The van der Waals surface area contributed by atoms with Gasteiger partial charge < -0.3 is 64.2 Å². The van der Waals surface area contributed by atoms with Crippen molar-refractivity contribution in [3.63, 3.8) is 0 Å². The minimum absolute atomic E-state index is 0.0202. The van der Waals surface area contributed by atoms with Crippen LogP contribution >= 0.6 is 0 Å². The Hall–Kier alpha value is -6.49. The van der Waals surface area contributed by atoms with Gasteiger partial charge in [-0.05, 0) is 145 Å². The van der Waals surface area contributed by atoms with Crippen LogP contribution in [0.25, 0.3) is 0 Å². The van der Waals surface area contributed by atoms with Crippen LogP contribution < -0.4 is 22.4 Å². The molecular weight excluding hydrogens is 1120 g/mol. The van der Waals surface area contributed by atoms with Crippen LogP contribution in [-0.2, 0) is 90.8 Å². The number of nitrogens with zero attached hydrogens (tertiary/aromatic N) is 2. The molecule has 0 aromatic heterocycles. The van der Waals surface area contributed by atoms with E-state index in [0.717, 1.165) is 11.0 Å². The molecule has 0 aliphatic carbocycles. The Balaban J connectivity index is -0.000000339. The highest BCUT2D eigenvalue weighted by Crippen LogP contribution is 2.13. The van der Waals surface area contributed by atoms with E-state index in [1.54, 1.807) is 62.3 Å². The third kappa shape index (κ3) is 71.7. The van der Waals surface area contributed by atoms with E-state index in [9.17, 15) is 52.7 Å². The van der Waals surface area contributed by atoms with E-state index in [0.29, 0.717) is 38.9 Å². The summed E-state index contributed by atoms with van der Waals surface area (Å²) in [5.41, 5.74) is 3.47. The van der Waals surface area contributed by atoms with Gasteiger partial charge in [0, 0.05) is 51.9 Å². The molecule has 0 heterocycles. The number of nitrogens with two attached hydrogens (primary N) is 2. The number of nitrogens with one attached hydrogen (secondary N) is 2. The second kappa shape index (κ2) is 43.2. The summed E-state index contributed by atoms with van der Waals surface area (Å²) in [7, 11) is 0. The maximum absolute atomic E-state index is 12.5. The Morgan fingerprint density at radius 1 is 0.424 bits per heavy atom. The Morgan fingerprint density at radius 3 is 0.965 bits per heavy atom. The summed E-state index contributed by atoms with van der Waals surface area (Å²) < 4.78 is 35.6. The first kappa shape index (κ1) is 87.3. The largest absolute Gasteiger partial charge is 0.481 e.